The van der Waals surface area contributed by atoms with E-state index in [4.69, 9.17) is 0 Å². The molecular weight excluding hydrogens is 246 g/mol. The third kappa shape index (κ3) is 5.01. The van der Waals surface area contributed by atoms with E-state index in [-0.39, 0.29) is 0 Å². The fourth-order valence-electron chi connectivity index (χ4n) is 3.74. The van der Waals surface area contributed by atoms with Gasteiger partial charge in [-0.2, -0.15) is 0 Å². The molecule has 2 heterocycles. The maximum Gasteiger partial charge on any atom is 0.0125 e. The summed E-state index contributed by atoms with van der Waals surface area (Å²) in [7, 11) is 0. The van der Waals surface area contributed by atoms with Crippen LogP contribution < -0.4 is 10.6 Å². The van der Waals surface area contributed by atoms with E-state index >= 15 is 0 Å². The lowest BCUT2D eigenvalue weighted by Crippen LogP contribution is -2.52. The Morgan fingerprint density at radius 2 is 1.85 bits per heavy atom. The van der Waals surface area contributed by atoms with E-state index in [1.165, 1.54) is 58.2 Å². The number of piperidine rings is 2. The summed E-state index contributed by atoms with van der Waals surface area (Å²) in [5, 5.41) is 7.54. The largest absolute Gasteiger partial charge is 0.314 e. The SMILES string of the molecule is CC(CC1CCCCN1)NC1CCN(C(C)(C)C)CC1. The first-order valence-electron chi connectivity index (χ1n) is 8.69. The molecule has 2 atom stereocenters. The maximum absolute atomic E-state index is 3.87. The molecule has 0 aliphatic carbocycles. The summed E-state index contributed by atoms with van der Waals surface area (Å²) < 4.78 is 0. The third-order valence-corrected chi connectivity index (χ3v) is 5.01. The summed E-state index contributed by atoms with van der Waals surface area (Å²) in [6.07, 6.45) is 8.05. The highest BCUT2D eigenvalue weighted by molar-refractivity contribution is 4.86. The second kappa shape index (κ2) is 7.24. The first-order chi connectivity index (χ1) is 9.45. The lowest BCUT2D eigenvalue weighted by Gasteiger charge is -2.41. The molecule has 0 aromatic rings. The van der Waals surface area contributed by atoms with E-state index in [1.807, 2.05) is 0 Å². The highest BCUT2D eigenvalue weighted by atomic mass is 15.2. The fourth-order valence-corrected chi connectivity index (χ4v) is 3.74. The van der Waals surface area contributed by atoms with Crippen LogP contribution in [0.15, 0.2) is 0 Å². The van der Waals surface area contributed by atoms with Crippen LogP contribution in [0.25, 0.3) is 0 Å². The molecule has 2 aliphatic rings. The fraction of sp³-hybridized carbons (Fsp3) is 1.00. The maximum atomic E-state index is 3.87. The van der Waals surface area contributed by atoms with Gasteiger partial charge < -0.3 is 10.6 Å². The molecule has 2 unspecified atom stereocenters. The summed E-state index contributed by atoms with van der Waals surface area (Å²) in [6.45, 7) is 13.1. The molecular formula is C17H35N3. The highest BCUT2D eigenvalue weighted by Gasteiger charge is 2.27. The molecule has 3 heteroatoms. The average Bonchev–Trinajstić information content (AvgIpc) is 2.39. The minimum absolute atomic E-state index is 0.336. The van der Waals surface area contributed by atoms with E-state index in [2.05, 4.69) is 43.2 Å². The number of rotatable bonds is 4. The van der Waals surface area contributed by atoms with Crippen molar-refractivity contribution in [3.63, 3.8) is 0 Å². The lowest BCUT2D eigenvalue weighted by atomic mass is 9.95. The topological polar surface area (TPSA) is 27.3 Å². The van der Waals surface area contributed by atoms with E-state index in [0.29, 0.717) is 11.6 Å². The Kier molecular flexibility index (Phi) is 5.88. The minimum atomic E-state index is 0.336. The van der Waals surface area contributed by atoms with Crippen LogP contribution in [0.2, 0.25) is 0 Å². The van der Waals surface area contributed by atoms with Crippen molar-refractivity contribution in [1.29, 1.82) is 0 Å². The van der Waals surface area contributed by atoms with Crippen molar-refractivity contribution in [2.45, 2.75) is 89.9 Å². The Morgan fingerprint density at radius 3 is 2.40 bits per heavy atom. The smallest absolute Gasteiger partial charge is 0.0125 e. The van der Waals surface area contributed by atoms with Gasteiger partial charge in [0, 0.05) is 36.8 Å². The van der Waals surface area contributed by atoms with Crippen LogP contribution >= 0.6 is 0 Å². The Balaban J connectivity index is 1.66. The predicted octanol–water partition coefficient (Wildman–Crippen LogP) is 2.76. The summed E-state index contributed by atoms with van der Waals surface area (Å²) in [4.78, 5) is 2.62. The van der Waals surface area contributed by atoms with Crippen LogP contribution in [0, 0.1) is 0 Å². The molecule has 2 rings (SSSR count). The van der Waals surface area contributed by atoms with Crippen LogP contribution in [-0.2, 0) is 0 Å². The third-order valence-electron chi connectivity index (χ3n) is 5.01. The highest BCUT2D eigenvalue weighted by Crippen LogP contribution is 2.21. The number of hydrogen-bond donors (Lipinski definition) is 2. The average molecular weight is 281 g/mol. The van der Waals surface area contributed by atoms with Gasteiger partial charge in [-0.25, -0.2) is 0 Å². The van der Waals surface area contributed by atoms with Crippen LogP contribution in [0.4, 0.5) is 0 Å². The lowest BCUT2D eigenvalue weighted by molar-refractivity contribution is 0.0935. The van der Waals surface area contributed by atoms with Crippen LogP contribution in [0.3, 0.4) is 0 Å². The summed E-state index contributed by atoms with van der Waals surface area (Å²) in [5.74, 6) is 0. The Labute approximate surface area is 125 Å². The molecule has 2 fully saturated rings. The number of hydrogen-bond acceptors (Lipinski definition) is 3. The Bertz CT molecular complexity index is 270. The Hall–Kier alpha value is -0.120. The number of likely N-dealkylation sites (tertiary alicyclic amines) is 1. The van der Waals surface area contributed by atoms with Crippen molar-refractivity contribution < 1.29 is 0 Å². The standard InChI is InChI=1S/C17H35N3/c1-14(13-16-7-5-6-10-18-16)19-15-8-11-20(12-9-15)17(2,3)4/h14-16,18-19H,5-13H2,1-4H3. The van der Waals surface area contributed by atoms with Gasteiger partial charge in [-0.15, -0.1) is 0 Å². The monoisotopic (exact) mass is 281 g/mol. The van der Waals surface area contributed by atoms with Crippen molar-refractivity contribution in [3.05, 3.63) is 0 Å². The van der Waals surface area contributed by atoms with Gasteiger partial charge in [0.2, 0.25) is 0 Å². The van der Waals surface area contributed by atoms with E-state index in [0.717, 1.165) is 12.1 Å². The zero-order valence-corrected chi connectivity index (χ0v) is 14.0. The van der Waals surface area contributed by atoms with Crippen LogP contribution in [0.5, 0.6) is 0 Å². The molecule has 2 N–H and O–H groups in total. The van der Waals surface area contributed by atoms with Gasteiger partial charge in [0.05, 0.1) is 0 Å². The Morgan fingerprint density at radius 1 is 1.15 bits per heavy atom. The van der Waals surface area contributed by atoms with Gasteiger partial charge in [-0.3, -0.25) is 4.90 Å². The van der Waals surface area contributed by atoms with E-state index in [9.17, 15) is 0 Å². The van der Waals surface area contributed by atoms with Crippen molar-refractivity contribution in [3.8, 4) is 0 Å². The quantitative estimate of drug-likeness (QED) is 0.830. The molecule has 0 bridgehead atoms. The van der Waals surface area contributed by atoms with Gasteiger partial charge in [0.1, 0.15) is 0 Å². The normalized spacial score (nSPS) is 28.5. The van der Waals surface area contributed by atoms with Crippen molar-refractivity contribution in [1.82, 2.24) is 15.5 Å². The zero-order chi connectivity index (χ0) is 14.6. The molecule has 118 valence electrons. The molecule has 3 nitrogen and oxygen atoms in total. The molecule has 0 amide bonds. The summed E-state index contributed by atoms with van der Waals surface area (Å²) in [5.41, 5.74) is 0.336. The van der Waals surface area contributed by atoms with Gasteiger partial charge in [-0.05, 0) is 66.3 Å². The molecule has 0 saturated carbocycles. The van der Waals surface area contributed by atoms with Crippen molar-refractivity contribution in [2.24, 2.45) is 0 Å². The van der Waals surface area contributed by atoms with Gasteiger partial charge >= 0.3 is 0 Å². The molecule has 0 aromatic heterocycles. The van der Waals surface area contributed by atoms with Gasteiger partial charge in [0.15, 0.2) is 0 Å². The van der Waals surface area contributed by atoms with E-state index < -0.39 is 0 Å². The van der Waals surface area contributed by atoms with Crippen molar-refractivity contribution in [2.75, 3.05) is 19.6 Å². The second-order valence-electron chi connectivity index (χ2n) is 7.88. The molecule has 2 saturated heterocycles. The number of nitrogens with one attached hydrogen (secondary N) is 2. The number of nitrogens with zero attached hydrogens (tertiary/aromatic N) is 1. The molecule has 2 aliphatic heterocycles. The molecule has 0 spiro atoms. The minimum Gasteiger partial charge on any atom is -0.314 e. The predicted molar refractivity (Wildman–Crippen MR) is 87.2 cm³/mol. The second-order valence-corrected chi connectivity index (χ2v) is 7.88. The summed E-state index contributed by atoms with van der Waals surface area (Å²) >= 11 is 0. The first-order valence-corrected chi connectivity index (χ1v) is 8.69. The van der Waals surface area contributed by atoms with E-state index in [1.54, 1.807) is 0 Å². The molecule has 0 aromatic carbocycles. The van der Waals surface area contributed by atoms with Gasteiger partial charge in [-0.1, -0.05) is 6.42 Å². The first kappa shape index (κ1) is 16.3. The zero-order valence-electron chi connectivity index (χ0n) is 14.0. The van der Waals surface area contributed by atoms with Crippen LogP contribution in [-0.4, -0.2) is 48.2 Å². The van der Waals surface area contributed by atoms with Crippen LogP contribution in [0.1, 0.15) is 66.2 Å². The molecule has 0 radical (unpaired) electrons. The summed E-state index contributed by atoms with van der Waals surface area (Å²) in [6, 6.07) is 2.13. The van der Waals surface area contributed by atoms with Gasteiger partial charge in [0.25, 0.3) is 0 Å². The van der Waals surface area contributed by atoms with Crippen molar-refractivity contribution >= 4 is 0 Å². The molecule has 20 heavy (non-hydrogen) atoms.